The average molecular weight is 499 g/mol. The lowest BCUT2D eigenvalue weighted by Crippen LogP contribution is -2.44. The van der Waals surface area contributed by atoms with Gasteiger partial charge >= 0.3 is 18.3 Å². The van der Waals surface area contributed by atoms with Gasteiger partial charge in [-0.25, -0.2) is 19.4 Å². The minimum atomic E-state index is -0.910. The summed E-state index contributed by atoms with van der Waals surface area (Å²) >= 11 is 0. The molecule has 2 amide bonds. The molecule has 0 spiro atoms. The molecule has 0 bridgehead atoms. The van der Waals surface area contributed by atoms with E-state index in [0.29, 0.717) is 16.9 Å². The zero-order chi connectivity index (χ0) is 26.7. The number of hydrogen-bond acceptors (Lipinski definition) is 9. The average Bonchev–Trinajstić information content (AvgIpc) is 3.12. The van der Waals surface area contributed by atoms with Crippen molar-refractivity contribution in [2.24, 2.45) is 0 Å². The Morgan fingerprint density at radius 3 is 2.11 bits per heavy atom. The molecule has 0 aliphatic heterocycles. The van der Waals surface area contributed by atoms with Gasteiger partial charge in [0.1, 0.15) is 22.7 Å². The highest BCUT2D eigenvalue weighted by Gasteiger charge is 2.33. The zero-order valence-corrected chi connectivity index (χ0v) is 21.4. The Bertz CT molecular complexity index is 1240. The Labute approximate surface area is 208 Å². The van der Waals surface area contributed by atoms with Crippen molar-refractivity contribution >= 4 is 29.8 Å². The van der Waals surface area contributed by atoms with Gasteiger partial charge in [0.15, 0.2) is 0 Å². The number of amides is 2. The van der Waals surface area contributed by atoms with Gasteiger partial charge in [0.25, 0.3) is 0 Å². The van der Waals surface area contributed by atoms with E-state index in [9.17, 15) is 14.4 Å². The van der Waals surface area contributed by atoms with Crippen molar-refractivity contribution in [3.05, 3.63) is 42.7 Å². The number of pyridine rings is 2. The van der Waals surface area contributed by atoms with Crippen molar-refractivity contribution < 1.29 is 33.3 Å². The summed E-state index contributed by atoms with van der Waals surface area (Å²) in [6, 6.07) is 8.36. The van der Waals surface area contributed by atoms with E-state index in [4.69, 9.17) is 18.9 Å². The largest absolute Gasteiger partial charge is 0.515 e. The standard InChI is InChI=1S/C25H30N4O7/c1-8-33-23(32)34-20-15-28-14-16(12-13-18(28)27-20)17-10-9-11-19(26-17)29(21(30)35-24(2,3)4)22(31)36-25(5,6)7/h9-15H,8H2,1-7H3. The number of nitrogens with zero attached hydrogens (tertiary/aromatic N) is 4. The molecule has 0 N–H and O–H groups in total. The van der Waals surface area contributed by atoms with Gasteiger partial charge < -0.3 is 23.3 Å². The van der Waals surface area contributed by atoms with Gasteiger partial charge in [-0.15, -0.1) is 0 Å². The third-order valence-electron chi connectivity index (χ3n) is 4.29. The van der Waals surface area contributed by atoms with Crippen LogP contribution in [0.4, 0.5) is 20.2 Å². The first-order chi connectivity index (χ1) is 16.8. The summed E-state index contributed by atoms with van der Waals surface area (Å²) in [6.45, 7) is 12.0. The molecule has 3 aromatic heterocycles. The number of rotatable bonds is 4. The van der Waals surface area contributed by atoms with Crippen molar-refractivity contribution in [2.45, 2.75) is 59.7 Å². The molecule has 3 rings (SSSR count). The van der Waals surface area contributed by atoms with Crippen LogP contribution in [-0.2, 0) is 14.2 Å². The molecule has 11 heteroatoms. The first-order valence-corrected chi connectivity index (χ1v) is 11.3. The van der Waals surface area contributed by atoms with E-state index in [-0.39, 0.29) is 18.3 Å². The number of imide groups is 1. The fourth-order valence-corrected chi connectivity index (χ4v) is 2.99. The molecule has 3 aromatic rings. The molecule has 192 valence electrons. The number of carbonyl (C=O) groups is 3. The molecule has 0 aromatic carbocycles. The Morgan fingerprint density at radius 2 is 1.53 bits per heavy atom. The number of aromatic nitrogens is 3. The second kappa shape index (κ2) is 10.2. The van der Waals surface area contributed by atoms with Crippen LogP contribution in [0, 0.1) is 0 Å². The summed E-state index contributed by atoms with van der Waals surface area (Å²) in [7, 11) is 0. The smallest absolute Gasteiger partial charge is 0.443 e. The molecule has 3 heterocycles. The Kier molecular flexibility index (Phi) is 7.51. The van der Waals surface area contributed by atoms with E-state index in [2.05, 4.69) is 9.97 Å². The monoisotopic (exact) mass is 498 g/mol. The van der Waals surface area contributed by atoms with Crippen molar-refractivity contribution in [1.29, 1.82) is 0 Å². The number of anilines is 1. The summed E-state index contributed by atoms with van der Waals surface area (Å²) in [6.07, 6.45) is 0.574. The Morgan fingerprint density at radius 1 is 0.889 bits per heavy atom. The minimum absolute atomic E-state index is 0.0352. The van der Waals surface area contributed by atoms with E-state index in [1.807, 2.05) is 0 Å². The molecule has 0 radical (unpaired) electrons. The summed E-state index contributed by atoms with van der Waals surface area (Å²) in [4.78, 5) is 47.0. The SMILES string of the molecule is CCOC(=O)Oc1cn2cc(-c3cccc(N(C(=O)OC(C)(C)C)C(=O)OC(C)(C)C)n3)ccc2n1. The van der Waals surface area contributed by atoms with E-state index in [0.717, 1.165) is 4.90 Å². The molecule has 0 aliphatic rings. The van der Waals surface area contributed by atoms with Gasteiger partial charge in [-0.05, 0) is 72.7 Å². The maximum absolute atomic E-state index is 12.9. The summed E-state index contributed by atoms with van der Waals surface area (Å²) in [5.41, 5.74) is -0.0423. The molecule has 36 heavy (non-hydrogen) atoms. The summed E-state index contributed by atoms with van der Waals surface area (Å²) < 4.78 is 22.3. The normalized spacial score (nSPS) is 11.6. The minimum Gasteiger partial charge on any atom is -0.443 e. The molecule has 0 fully saturated rings. The summed E-state index contributed by atoms with van der Waals surface area (Å²) in [5.74, 6) is 0.112. The van der Waals surface area contributed by atoms with Crippen molar-refractivity contribution in [1.82, 2.24) is 14.4 Å². The second-order valence-electron chi connectivity index (χ2n) is 9.72. The lowest BCUT2D eigenvalue weighted by Gasteiger charge is -2.28. The molecule has 11 nitrogen and oxygen atoms in total. The van der Waals surface area contributed by atoms with Crippen LogP contribution in [0.5, 0.6) is 5.88 Å². The first-order valence-electron chi connectivity index (χ1n) is 11.3. The first kappa shape index (κ1) is 26.5. The molecule has 0 saturated carbocycles. The highest BCUT2D eigenvalue weighted by molar-refractivity contribution is 6.08. The molecule has 0 atom stereocenters. The van der Waals surface area contributed by atoms with Gasteiger partial charge in [0.2, 0.25) is 5.88 Å². The van der Waals surface area contributed by atoms with E-state index < -0.39 is 29.5 Å². The fourth-order valence-electron chi connectivity index (χ4n) is 2.99. The van der Waals surface area contributed by atoms with Crippen molar-refractivity contribution in [3.8, 4) is 17.1 Å². The van der Waals surface area contributed by atoms with Crippen LogP contribution in [0.1, 0.15) is 48.5 Å². The molecule has 0 unspecified atom stereocenters. The van der Waals surface area contributed by atoms with Gasteiger partial charge in [0, 0.05) is 11.8 Å². The number of carbonyl (C=O) groups excluding carboxylic acids is 3. The molecule has 0 aliphatic carbocycles. The van der Waals surface area contributed by atoms with Crippen LogP contribution in [0.15, 0.2) is 42.7 Å². The second-order valence-corrected chi connectivity index (χ2v) is 9.72. The van der Waals surface area contributed by atoms with Crippen LogP contribution < -0.4 is 9.64 Å². The maximum Gasteiger partial charge on any atom is 0.515 e. The van der Waals surface area contributed by atoms with Gasteiger partial charge in [-0.1, -0.05) is 6.07 Å². The predicted molar refractivity (Wildman–Crippen MR) is 131 cm³/mol. The van der Waals surface area contributed by atoms with Crippen LogP contribution in [0.25, 0.3) is 16.9 Å². The number of imidazole rings is 1. The zero-order valence-electron chi connectivity index (χ0n) is 21.4. The number of hydrogen-bond donors (Lipinski definition) is 0. The van der Waals surface area contributed by atoms with E-state index >= 15 is 0 Å². The summed E-state index contributed by atoms with van der Waals surface area (Å²) in [5, 5.41) is 0. The predicted octanol–water partition coefficient (Wildman–Crippen LogP) is 5.61. The third-order valence-corrected chi connectivity index (χ3v) is 4.29. The van der Waals surface area contributed by atoms with Gasteiger partial charge in [0.05, 0.1) is 18.5 Å². The van der Waals surface area contributed by atoms with Gasteiger partial charge in [-0.3, -0.25) is 0 Å². The van der Waals surface area contributed by atoms with Crippen LogP contribution in [0.3, 0.4) is 0 Å². The van der Waals surface area contributed by atoms with E-state index in [1.165, 1.54) is 12.3 Å². The van der Waals surface area contributed by atoms with Crippen LogP contribution in [0.2, 0.25) is 0 Å². The van der Waals surface area contributed by atoms with Crippen LogP contribution in [-0.4, -0.2) is 50.5 Å². The van der Waals surface area contributed by atoms with Crippen LogP contribution >= 0.6 is 0 Å². The number of ether oxygens (including phenoxy) is 4. The van der Waals surface area contributed by atoms with Crippen molar-refractivity contribution in [3.63, 3.8) is 0 Å². The fraction of sp³-hybridized carbons (Fsp3) is 0.400. The quantitative estimate of drug-likeness (QED) is 0.334. The molecule has 0 saturated heterocycles. The third kappa shape index (κ3) is 6.94. The number of fused-ring (bicyclic) bond motifs is 1. The Balaban J connectivity index is 1.96. The highest BCUT2D eigenvalue weighted by Crippen LogP contribution is 2.25. The lowest BCUT2D eigenvalue weighted by atomic mass is 10.2. The molecular formula is C25H30N4O7. The Hall–Kier alpha value is -4.15. The van der Waals surface area contributed by atoms with Crippen molar-refractivity contribution in [2.75, 3.05) is 11.5 Å². The lowest BCUT2D eigenvalue weighted by molar-refractivity contribution is 0.0428. The van der Waals surface area contributed by atoms with Gasteiger partial charge in [-0.2, -0.15) is 9.88 Å². The maximum atomic E-state index is 12.9. The molecular weight excluding hydrogens is 468 g/mol. The highest BCUT2D eigenvalue weighted by atomic mass is 16.7. The van der Waals surface area contributed by atoms with E-state index in [1.54, 1.807) is 83.3 Å². The topological polar surface area (TPSA) is 122 Å².